The second-order valence-corrected chi connectivity index (χ2v) is 5.12. The van der Waals surface area contributed by atoms with E-state index in [-0.39, 0.29) is 0 Å². The number of hydrogen-bond acceptors (Lipinski definition) is 3. The molecule has 1 aromatic heterocycles. The van der Waals surface area contributed by atoms with Gasteiger partial charge >= 0.3 is 0 Å². The highest BCUT2D eigenvalue weighted by Gasteiger charge is 2.07. The molecule has 0 spiro atoms. The maximum absolute atomic E-state index is 5.80. The first-order valence-electron chi connectivity index (χ1n) is 5.97. The number of hydrogen-bond donors (Lipinski definition) is 0. The summed E-state index contributed by atoms with van der Waals surface area (Å²) in [6.45, 7) is 5.10. The Bertz CT molecular complexity index is 525. The number of unbranched alkanes of at least 4 members (excludes halogenated alkanes) is 1. The summed E-state index contributed by atoms with van der Waals surface area (Å²) in [4.78, 5) is 6.43. The third kappa shape index (κ3) is 3.07. The zero-order valence-corrected chi connectivity index (χ0v) is 11.1. The molecule has 1 aromatic carbocycles. The molecule has 0 aliphatic heterocycles. The van der Waals surface area contributed by atoms with E-state index in [1.165, 1.54) is 11.3 Å². The quantitative estimate of drug-likeness (QED) is 0.749. The number of nitrogens with zero attached hydrogens (tertiary/aromatic N) is 1. The van der Waals surface area contributed by atoms with Gasteiger partial charge in [-0.2, -0.15) is 0 Å². The van der Waals surface area contributed by atoms with E-state index in [9.17, 15) is 0 Å². The molecule has 0 saturated carbocycles. The molecule has 0 bridgehead atoms. The van der Waals surface area contributed by atoms with Crippen LogP contribution in [0.25, 0.3) is 11.3 Å². The Kier molecular flexibility index (Phi) is 4.15. The minimum absolute atomic E-state index is 0.787. The molecule has 17 heavy (non-hydrogen) atoms. The van der Waals surface area contributed by atoms with Gasteiger partial charge in [0.1, 0.15) is 0 Å². The second-order valence-electron chi connectivity index (χ2n) is 3.96. The van der Waals surface area contributed by atoms with Gasteiger partial charge in [0.2, 0.25) is 0 Å². The molecular formula is C14H17NOS. The van der Waals surface area contributed by atoms with Gasteiger partial charge in [-0.15, -0.1) is 0 Å². The summed E-state index contributed by atoms with van der Waals surface area (Å²) in [5.41, 5.74) is 1.12. The molecule has 0 saturated heterocycles. The van der Waals surface area contributed by atoms with Crippen LogP contribution in [0.4, 0.5) is 0 Å². The average molecular weight is 247 g/mol. The van der Waals surface area contributed by atoms with Gasteiger partial charge in [-0.1, -0.05) is 55.0 Å². The van der Waals surface area contributed by atoms with Crippen molar-refractivity contribution in [3.05, 3.63) is 40.1 Å². The molecule has 0 aliphatic carbocycles. The van der Waals surface area contributed by atoms with Crippen molar-refractivity contribution in [2.75, 3.05) is 6.54 Å². The topological polar surface area (TPSA) is 25.5 Å². The first-order chi connectivity index (χ1) is 8.31. The van der Waals surface area contributed by atoms with E-state index in [1.54, 1.807) is 11.3 Å². The molecule has 2 rings (SSSR count). The molecule has 0 fully saturated rings. The third-order valence-electron chi connectivity index (χ3n) is 2.54. The van der Waals surface area contributed by atoms with Crippen LogP contribution in [0.3, 0.4) is 0 Å². The fourth-order valence-corrected chi connectivity index (χ4v) is 2.40. The largest absolute Gasteiger partial charge is 0.429 e. The van der Waals surface area contributed by atoms with Gasteiger partial charge in [-0.05, 0) is 13.3 Å². The van der Waals surface area contributed by atoms with E-state index in [0.29, 0.717) is 0 Å². The van der Waals surface area contributed by atoms with Crippen LogP contribution in [0.2, 0.25) is 0 Å². The summed E-state index contributed by atoms with van der Waals surface area (Å²) < 4.78 is 5.80. The van der Waals surface area contributed by atoms with Crippen LogP contribution in [0.1, 0.15) is 24.6 Å². The van der Waals surface area contributed by atoms with Crippen molar-refractivity contribution in [3.8, 4) is 11.3 Å². The van der Waals surface area contributed by atoms with Crippen molar-refractivity contribution in [2.45, 2.75) is 26.7 Å². The SMILES string of the molecule is CCCCN=c1oc(-c2ccccc2)c(C)s1. The number of aryl methyl sites for hydroxylation is 1. The van der Waals surface area contributed by atoms with Gasteiger partial charge < -0.3 is 4.42 Å². The Hall–Kier alpha value is -1.35. The molecular weight excluding hydrogens is 230 g/mol. The second kappa shape index (κ2) is 5.82. The van der Waals surface area contributed by atoms with Gasteiger partial charge in [-0.25, -0.2) is 4.99 Å². The van der Waals surface area contributed by atoms with E-state index < -0.39 is 0 Å². The predicted octanol–water partition coefficient (Wildman–Crippen LogP) is 4.02. The predicted molar refractivity (Wildman–Crippen MR) is 72.1 cm³/mol. The summed E-state index contributed by atoms with van der Waals surface area (Å²) in [6, 6.07) is 10.2. The summed E-state index contributed by atoms with van der Waals surface area (Å²) in [5.74, 6) is 0.950. The van der Waals surface area contributed by atoms with E-state index in [2.05, 4.69) is 31.0 Å². The first-order valence-corrected chi connectivity index (χ1v) is 6.79. The van der Waals surface area contributed by atoms with Crippen molar-refractivity contribution < 1.29 is 4.42 Å². The maximum atomic E-state index is 5.80. The molecule has 1 heterocycles. The van der Waals surface area contributed by atoms with Gasteiger partial charge in [0.25, 0.3) is 4.87 Å². The lowest BCUT2D eigenvalue weighted by atomic mass is 10.2. The zero-order chi connectivity index (χ0) is 12.1. The van der Waals surface area contributed by atoms with Crippen LogP contribution in [0.15, 0.2) is 39.7 Å². The minimum Gasteiger partial charge on any atom is -0.429 e. The van der Waals surface area contributed by atoms with E-state index >= 15 is 0 Å². The Labute approximate surface area is 106 Å². The van der Waals surface area contributed by atoms with E-state index in [1.807, 2.05) is 18.2 Å². The minimum atomic E-state index is 0.787. The molecule has 0 radical (unpaired) electrons. The van der Waals surface area contributed by atoms with Gasteiger partial charge in [0, 0.05) is 12.1 Å². The first kappa shape index (κ1) is 12.1. The molecule has 0 aliphatic rings. The van der Waals surface area contributed by atoms with E-state index in [4.69, 9.17) is 4.42 Å². The molecule has 3 heteroatoms. The Morgan fingerprint density at radius 2 is 2.00 bits per heavy atom. The van der Waals surface area contributed by atoms with Crippen LogP contribution in [0.5, 0.6) is 0 Å². The molecule has 2 nitrogen and oxygen atoms in total. The van der Waals surface area contributed by atoms with Crippen LogP contribution in [0, 0.1) is 6.92 Å². The van der Waals surface area contributed by atoms with Crippen LogP contribution in [-0.4, -0.2) is 6.54 Å². The molecule has 0 unspecified atom stereocenters. The standard InChI is InChI=1S/C14H17NOS/c1-3-4-10-15-14-16-13(11(2)17-14)12-8-6-5-7-9-12/h5-9H,3-4,10H2,1-2H3. The van der Waals surface area contributed by atoms with Crippen molar-refractivity contribution in [3.63, 3.8) is 0 Å². The highest BCUT2D eigenvalue weighted by atomic mass is 32.1. The highest BCUT2D eigenvalue weighted by Crippen LogP contribution is 2.24. The smallest absolute Gasteiger partial charge is 0.274 e. The number of rotatable bonds is 4. The van der Waals surface area contributed by atoms with Crippen molar-refractivity contribution in [2.24, 2.45) is 4.99 Å². The van der Waals surface area contributed by atoms with Gasteiger partial charge in [-0.3, -0.25) is 0 Å². The normalized spacial score (nSPS) is 12.0. The van der Waals surface area contributed by atoms with Crippen LogP contribution < -0.4 is 4.87 Å². The summed E-state index contributed by atoms with van der Waals surface area (Å²) in [5, 5.41) is 0. The molecule has 0 amide bonds. The summed E-state index contributed by atoms with van der Waals surface area (Å²) >= 11 is 1.63. The van der Waals surface area contributed by atoms with Crippen molar-refractivity contribution in [1.29, 1.82) is 0 Å². The average Bonchev–Trinajstić information content (AvgIpc) is 2.72. The van der Waals surface area contributed by atoms with Crippen molar-refractivity contribution in [1.82, 2.24) is 0 Å². The molecule has 0 N–H and O–H groups in total. The van der Waals surface area contributed by atoms with E-state index in [0.717, 1.165) is 29.2 Å². The zero-order valence-electron chi connectivity index (χ0n) is 10.3. The van der Waals surface area contributed by atoms with Crippen molar-refractivity contribution >= 4 is 11.3 Å². The fraction of sp³-hybridized carbons (Fsp3) is 0.357. The lowest BCUT2D eigenvalue weighted by molar-refractivity contribution is 0.527. The summed E-state index contributed by atoms with van der Waals surface area (Å²) in [7, 11) is 0. The Balaban J connectivity index is 2.28. The van der Waals surface area contributed by atoms with Crippen LogP contribution in [-0.2, 0) is 0 Å². The monoisotopic (exact) mass is 247 g/mol. The Morgan fingerprint density at radius 3 is 2.71 bits per heavy atom. The Morgan fingerprint density at radius 1 is 1.24 bits per heavy atom. The maximum Gasteiger partial charge on any atom is 0.274 e. The van der Waals surface area contributed by atoms with Crippen LogP contribution >= 0.6 is 11.3 Å². The lowest BCUT2D eigenvalue weighted by Gasteiger charge is -1.95. The van der Waals surface area contributed by atoms with Gasteiger partial charge in [0.05, 0.1) is 4.88 Å². The number of benzene rings is 1. The lowest BCUT2D eigenvalue weighted by Crippen LogP contribution is -1.93. The fourth-order valence-electron chi connectivity index (χ4n) is 1.60. The third-order valence-corrected chi connectivity index (χ3v) is 3.42. The molecule has 2 aromatic rings. The molecule has 90 valence electrons. The van der Waals surface area contributed by atoms with Gasteiger partial charge in [0.15, 0.2) is 5.76 Å². The molecule has 0 atom stereocenters. The summed E-state index contributed by atoms with van der Waals surface area (Å²) in [6.07, 6.45) is 2.28. The highest BCUT2D eigenvalue weighted by molar-refractivity contribution is 7.09.